The molecule has 0 saturated carbocycles. The third-order valence-electron chi connectivity index (χ3n) is 4.07. The third kappa shape index (κ3) is 4.52. The second kappa shape index (κ2) is 8.19. The highest BCUT2D eigenvalue weighted by Crippen LogP contribution is 2.21. The Bertz CT molecular complexity index is 805. The van der Waals surface area contributed by atoms with E-state index in [1.807, 2.05) is 4.90 Å². The maximum atomic E-state index is 13.1. The summed E-state index contributed by atoms with van der Waals surface area (Å²) in [4.78, 5) is 26.0. The molecule has 1 heterocycles. The van der Waals surface area contributed by atoms with Crippen LogP contribution in [0.2, 0.25) is 5.02 Å². The van der Waals surface area contributed by atoms with Gasteiger partial charge in [-0.2, -0.15) is 0 Å². The van der Waals surface area contributed by atoms with Crippen LogP contribution in [0.4, 0.5) is 10.1 Å². The van der Waals surface area contributed by atoms with E-state index in [1.54, 1.807) is 24.3 Å². The van der Waals surface area contributed by atoms with Crippen molar-refractivity contribution < 1.29 is 18.7 Å². The number of hydrogen-bond donors (Lipinski definition) is 1. The highest BCUT2D eigenvalue weighted by Gasteiger charge is 2.19. The zero-order valence-electron chi connectivity index (χ0n) is 14.0. The van der Waals surface area contributed by atoms with Crippen molar-refractivity contribution in [1.82, 2.24) is 4.90 Å². The van der Waals surface area contributed by atoms with Crippen molar-refractivity contribution >= 4 is 29.1 Å². The summed E-state index contributed by atoms with van der Waals surface area (Å²) in [5.41, 5.74) is 1.16. The maximum absolute atomic E-state index is 13.1. The van der Waals surface area contributed by atoms with Crippen LogP contribution in [0.3, 0.4) is 0 Å². The van der Waals surface area contributed by atoms with Gasteiger partial charge in [-0.3, -0.25) is 9.59 Å². The van der Waals surface area contributed by atoms with Gasteiger partial charge in [-0.15, -0.1) is 0 Å². The molecule has 1 aliphatic heterocycles. The smallest absolute Gasteiger partial charge is 0.262 e. The number of halogens is 2. The Morgan fingerprint density at radius 2 is 1.81 bits per heavy atom. The van der Waals surface area contributed by atoms with Crippen LogP contribution in [-0.2, 0) is 4.79 Å². The summed E-state index contributed by atoms with van der Waals surface area (Å²) in [6, 6.07) is 10.6. The second-order valence-corrected chi connectivity index (χ2v) is 6.40. The Balaban J connectivity index is 1.52. The van der Waals surface area contributed by atoms with E-state index in [1.165, 1.54) is 18.2 Å². The van der Waals surface area contributed by atoms with Crippen molar-refractivity contribution in [2.45, 2.75) is 12.8 Å². The number of hydrogen-bond acceptors (Lipinski definition) is 3. The molecule has 2 aromatic rings. The Kier molecular flexibility index (Phi) is 5.73. The number of nitrogens with one attached hydrogen (secondary N) is 1. The summed E-state index contributed by atoms with van der Waals surface area (Å²) in [7, 11) is 0. The highest BCUT2D eigenvalue weighted by molar-refractivity contribution is 6.30. The van der Waals surface area contributed by atoms with E-state index in [0.717, 1.165) is 25.9 Å². The van der Waals surface area contributed by atoms with Gasteiger partial charge in [0.2, 0.25) is 0 Å². The van der Waals surface area contributed by atoms with Gasteiger partial charge in [0, 0.05) is 30.4 Å². The predicted molar refractivity (Wildman–Crippen MR) is 97.1 cm³/mol. The summed E-state index contributed by atoms with van der Waals surface area (Å²) in [5, 5.41) is 2.61. The van der Waals surface area contributed by atoms with Crippen LogP contribution in [0.25, 0.3) is 0 Å². The molecule has 136 valence electrons. The number of anilines is 1. The summed E-state index contributed by atoms with van der Waals surface area (Å²) >= 11 is 5.66. The predicted octanol–water partition coefficient (Wildman–Crippen LogP) is 3.73. The summed E-state index contributed by atoms with van der Waals surface area (Å²) in [6.07, 6.45) is 2.08. The summed E-state index contributed by atoms with van der Waals surface area (Å²) in [6.45, 7) is 1.35. The fourth-order valence-corrected chi connectivity index (χ4v) is 2.88. The van der Waals surface area contributed by atoms with E-state index in [9.17, 15) is 14.0 Å². The lowest BCUT2D eigenvalue weighted by molar-refractivity contribution is -0.118. The van der Waals surface area contributed by atoms with Crippen molar-refractivity contribution in [2.24, 2.45) is 0 Å². The van der Waals surface area contributed by atoms with E-state index in [0.29, 0.717) is 17.0 Å². The van der Waals surface area contributed by atoms with Gasteiger partial charge in [0.15, 0.2) is 6.61 Å². The molecular weight excluding hydrogens is 359 g/mol. The van der Waals surface area contributed by atoms with E-state index < -0.39 is 5.82 Å². The maximum Gasteiger partial charge on any atom is 0.262 e. The first-order chi connectivity index (χ1) is 12.5. The lowest BCUT2D eigenvalue weighted by atomic mass is 10.2. The number of carbonyl (C=O) groups excluding carboxylic acids is 2. The van der Waals surface area contributed by atoms with Crippen molar-refractivity contribution in [1.29, 1.82) is 0 Å². The number of carbonyl (C=O) groups is 2. The molecule has 1 saturated heterocycles. The van der Waals surface area contributed by atoms with Gasteiger partial charge in [-0.1, -0.05) is 11.6 Å². The van der Waals surface area contributed by atoms with Crippen LogP contribution in [0.1, 0.15) is 23.2 Å². The first-order valence-electron chi connectivity index (χ1n) is 8.30. The fourth-order valence-electron chi connectivity index (χ4n) is 2.71. The quantitative estimate of drug-likeness (QED) is 0.865. The molecule has 1 N–H and O–H groups in total. The molecule has 1 aliphatic rings. The van der Waals surface area contributed by atoms with Crippen LogP contribution in [0, 0.1) is 5.82 Å². The molecule has 1 fully saturated rings. The van der Waals surface area contributed by atoms with Gasteiger partial charge < -0.3 is 15.0 Å². The first kappa shape index (κ1) is 18.2. The summed E-state index contributed by atoms with van der Waals surface area (Å²) < 4.78 is 18.4. The molecule has 0 aromatic heterocycles. The molecule has 2 amide bonds. The Morgan fingerprint density at radius 1 is 1.12 bits per heavy atom. The van der Waals surface area contributed by atoms with Gasteiger partial charge >= 0.3 is 0 Å². The van der Waals surface area contributed by atoms with E-state index >= 15 is 0 Å². The van der Waals surface area contributed by atoms with Crippen molar-refractivity contribution in [3.63, 3.8) is 0 Å². The second-order valence-electron chi connectivity index (χ2n) is 5.99. The molecule has 0 aliphatic carbocycles. The van der Waals surface area contributed by atoms with Gasteiger partial charge in [0.1, 0.15) is 11.6 Å². The topological polar surface area (TPSA) is 58.6 Å². The molecule has 3 rings (SSSR count). The normalized spacial score (nSPS) is 13.5. The van der Waals surface area contributed by atoms with E-state index in [-0.39, 0.29) is 23.4 Å². The number of likely N-dealkylation sites (tertiary alicyclic amines) is 1. The largest absolute Gasteiger partial charge is 0.484 e. The minimum atomic E-state index is -0.549. The third-order valence-corrected chi connectivity index (χ3v) is 4.36. The average Bonchev–Trinajstić information content (AvgIpc) is 3.17. The molecule has 0 radical (unpaired) electrons. The summed E-state index contributed by atoms with van der Waals surface area (Å²) in [5.74, 6) is -0.605. The van der Waals surface area contributed by atoms with E-state index in [4.69, 9.17) is 16.3 Å². The molecule has 0 bridgehead atoms. The van der Waals surface area contributed by atoms with Crippen LogP contribution < -0.4 is 10.1 Å². The van der Waals surface area contributed by atoms with Gasteiger partial charge in [0.25, 0.3) is 11.8 Å². The van der Waals surface area contributed by atoms with Crippen molar-refractivity contribution in [2.75, 3.05) is 25.0 Å². The minimum absolute atomic E-state index is 0.0110. The number of nitrogens with zero attached hydrogens (tertiary/aromatic N) is 1. The fraction of sp³-hybridized carbons (Fsp3) is 0.263. The van der Waals surface area contributed by atoms with Crippen molar-refractivity contribution in [3.8, 4) is 5.75 Å². The molecule has 26 heavy (non-hydrogen) atoms. The van der Waals surface area contributed by atoms with Crippen LogP contribution in [-0.4, -0.2) is 36.4 Å². The van der Waals surface area contributed by atoms with Gasteiger partial charge in [0.05, 0.1) is 5.02 Å². The Hall–Kier alpha value is -2.60. The number of amides is 2. The standard InChI is InChI=1S/C19H18ClFN2O3/c20-16-11-15(7-8-17(16)21)26-12-18(24)22-14-5-3-13(4-6-14)19(25)23-9-1-2-10-23/h3-8,11H,1-2,9-10,12H2,(H,22,24). The minimum Gasteiger partial charge on any atom is -0.484 e. The lowest BCUT2D eigenvalue weighted by Crippen LogP contribution is -2.27. The number of ether oxygens (including phenoxy) is 1. The highest BCUT2D eigenvalue weighted by atomic mass is 35.5. The van der Waals surface area contributed by atoms with Crippen molar-refractivity contribution in [3.05, 3.63) is 58.9 Å². The average molecular weight is 377 g/mol. The molecule has 7 heteroatoms. The van der Waals surface area contributed by atoms with Crippen LogP contribution >= 0.6 is 11.6 Å². The van der Waals surface area contributed by atoms with Gasteiger partial charge in [-0.05, 0) is 49.2 Å². The molecule has 0 unspecified atom stereocenters. The Labute approximate surface area is 155 Å². The van der Waals surface area contributed by atoms with E-state index in [2.05, 4.69) is 5.32 Å². The lowest BCUT2D eigenvalue weighted by Gasteiger charge is -2.15. The molecule has 5 nitrogen and oxygen atoms in total. The first-order valence-corrected chi connectivity index (χ1v) is 8.68. The molecular formula is C19H18ClFN2O3. The molecule has 0 spiro atoms. The Morgan fingerprint density at radius 3 is 2.46 bits per heavy atom. The van der Waals surface area contributed by atoms with Crippen LogP contribution in [0.15, 0.2) is 42.5 Å². The van der Waals surface area contributed by atoms with Gasteiger partial charge in [-0.25, -0.2) is 4.39 Å². The number of benzene rings is 2. The zero-order valence-corrected chi connectivity index (χ0v) is 14.8. The zero-order chi connectivity index (χ0) is 18.5. The van der Waals surface area contributed by atoms with Crippen LogP contribution in [0.5, 0.6) is 5.75 Å². The molecule has 0 atom stereocenters. The number of rotatable bonds is 5. The molecule has 2 aromatic carbocycles. The SMILES string of the molecule is O=C(COc1ccc(F)c(Cl)c1)Nc1ccc(C(=O)N2CCCC2)cc1. The monoisotopic (exact) mass is 376 g/mol.